The van der Waals surface area contributed by atoms with Crippen molar-refractivity contribution in [3.8, 4) is 11.1 Å². The van der Waals surface area contributed by atoms with Crippen molar-refractivity contribution in [2.75, 3.05) is 13.1 Å². The summed E-state index contributed by atoms with van der Waals surface area (Å²) in [7, 11) is 0. The Kier molecular flexibility index (Phi) is 6.86. The standard InChI is InChI=1S/C34H34F2N2/c1-23-31(35)21-37(23)33(25-11-5-3-6-12-25)29-17-9-15-27(19-29)28-16-10-18-30(20-28)34(26-13-7-4-8-14-26)38-22-32(36)24(38)2/h3-20,23-24,31-34H,21-22H2,1-2H3/t23-,24+,31-,32+,33?,34?. The van der Waals surface area contributed by atoms with E-state index < -0.39 is 12.3 Å². The van der Waals surface area contributed by atoms with Crippen LogP contribution in [0.1, 0.15) is 48.2 Å². The van der Waals surface area contributed by atoms with Gasteiger partial charge in [0.05, 0.1) is 12.1 Å². The summed E-state index contributed by atoms with van der Waals surface area (Å²) in [6.07, 6.45) is -1.58. The lowest BCUT2D eigenvalue weighted by Crippen LogP contribution is -2.57. The summed E-state index contributed by atoms with van der Waals surface area (Å²) in [5.41, 5.74) is 6.93. The van der Waals surface area contributed by atoms with Crippen molar-refractivity contribution >= 4 is 0 Å². The molecule has 0 spiro atoms. The molecule has 4 aromatic carbocycles. The Hall–Kier alpha value is -3.34. The molecule has 0 bridgehead atoms. The van der Waals surface area contributed by atoms with E-state index in [2.05, 4.69) is 107 Å². The molecule has 2 aliphatic heterocycles. The Morgan fingerprint density at radius 1 is 0.526 bits per heavy atom. The Labute approximate surface area is 224 Å². The first kappa shape index (κ1) is 25.0. The third kappa shape index (κ3) is 4.57. The molecule has 4 heteroatoms. The second kappa shape index (κ2) is 10.4. The van der Waals surface area contributed by atoms with Crippen LogP contribution in [-0.2, 0) is 0 Å². The Morgan fingerprint density at radius 3 is 1.24 bits per heavy atom. The maximum atomic E-state index is 14.2. The van der Waals surface area contributed by atoms with Crippen molar-refractivity contribution in [3.05, 3.63) is 131 Å². The van der Waals surface area contributed by atoms with Gasteiger partial charge in [-0.3, -0.25) is 9.80 Å². The molecule has 2 aliphatic rings. The molecule has 0 radical (unpaired) electrons. The molecule has 38 heavy (non-hydrogen) atoms. The molecule has 2 nitrogen and oxygen atoms in total. The highest BCUT2D eigenvalue weighted by Crippen LogP contribution is 2.40. The molecule has 0 aliphatic carbocycles. The number of alkyl halides is 2. The van der Waals surface area contributed by atoms with E-state index in [1.54, 1.807) is 0 Å². The van der Waals surface area contributed by atoms with E-state index >= 15 is 0 Å². The van der Waals surface area contributed by atoms with Gasteiger partial charge < -0.3 is 0 Å². The van der Waals surface area contributed by atoms with Gasteiger partial charge in [-0.15, -0.1) is 0 Å². The molecule has 0 N–H and O–H groups in total. The van der Waals surface area contributed by atoms with Gasteiger partial charge in [-0.1, -0.05) is 97.1 Å². The highest BCUT2D eigenvalue weighted by Gasteiger charge is 2.42. The van der Waals surface area contributed by atoms with E-state index in [1.807, 2.05) is 26.0 Å². The van der Waals surface area contributed by atoms with Crippen LogP contribution in [0.25, 0.3) is 11.1 Å². The molecular weight excluding hydrogens is 474 g/mol. The van der Waals surface area contributed by atoms with Crippen molar-refractivity contribution in [1.82, 2.24) is 9.80 Å². The van der Waals surface area contributed by atoms with Gasteiger partial charge in [-0.05, 0) is 59.4 Å². The minimum atomic E-state index is -0.788. The molecule has 2 unspecified atom stereocenters. The fourth-order valence-corrected chi connectivity index (χ4v) is 6.06. The minimum absolute atomic E-state index is 0.00169. The molecule has 0 amide bonds. The lowest BCUT2D eigenvalue weighted by molar-refractivity contribution is -0.0214. The van der Waals surface area contributed by atoms with Crippen LogP contribution in [-0.4, -0.2) is 47.3 Å². The first-order chi connectivity index (χ1) is 18.5. The molecule has 6 rings (SSSR count). The fraction of sp³-hybridized carbons (Fsp3) is 0.294. The molecule has 2 saturated heterocycles. The highest BCUT2D eigenvalue weighted by atomic mass is 19.1. The van der Waals surface area contributed by atoms with Crippen LogP contribution in [0, 0.1) is 0 Å². The van der Waals surface area contributed by atoms with E-state index in [4.69, 9.17) is 0 Å². The lowest BCUT2D eigenvalue weighted by Gasteiger charge is -2.47. The zero-order chi connectivity index (χ0) is 26.2. The van der Waals surface area contributed by atoms with Gasteiger partial charge in [0.15, 0.2) is 0 Å². The van der Waals surface area contributed by atoms with Crippen LogP contribution in [0.3, 0.4) is 0 Å². The van der Waals surface area contributed by atoms with Crippen LogP contribution >= 0.6 is 0 Å². The smallest absolute Gasteiger partial charge is 0.128 e. The van der Waals surface area contributed by atoms with Gasteiger partial charge in [-0.2, -0.15) is 0 Å². The van der Waals surface area contributed by atoms with Crippen molar-refractivity contribution in [2.45, 2.75) is 50.4 Å². The van der Waals surface area contributed by atoms with Crippen molar-refractivity contribution in [3.63, 3.8) is 0 Å². The minimum Gasteiger partial charge on any atom is -0.284 e. The molecular formula is C34H34F2N2. The average molecular weight is 509 g/mol. The van der Waals surface area contributed by atoms with E-state index in [-0.39, 0.29) is 24.2 Å². The van der Waals surface area contributed by atoms with Crippen molar-refractivity contribution in [1.29, 1.82) is 0 Å². The summed E-state index contributed by atoms with van der Waals surface area (Å²) in [6.45, 7) is 4.84. The number of likely N-dealkylation sites (tertiary alicyclic amines) is 2. The second-order valence-electron chi connectivity index (χ2n) is 10.8. The Morgan fingerprint density at radius 2 is 0.895 bits per heavy atom. The monoisotopic (exact) mass is 508 g/mol. The van der Waals surface area contributed by atoms with Gasteiger partial charge in [0.2, 0.25) is 0 Å². The molecule has 6 atom stereocenters. The number of nitrogens with zero attached hydrogens (tertiary/aromatic N) is 2. The third-order valence-electron chi connectivity index (χ3n) is 8.50. The largest absolute Gasteiger partial charge is 0.284 e. The van der Waals surface area contributed by atoms with Crippen LogP contribution in [0.15, 0.2) is 109 Å². The Balaban J connectivity index is 1.37. The maximum Gasteiger partial charge on any atom is 0.128 e. The van der Waals surface area contributed by atoms with E-state index in [9.17, 15) is 8.78 Å². The van der Waals surface area contributed by atoms with Crippen molar-refractivity contribution < 1.29 is 8.78 Å². The highest BCUT2D eigenvalue weighted by molar-refractivity contribution is 5.66. The normalized spacial score (nSPS) is 25.3. The summed E-state index contributed by atoms with van der Waals surface area (Å²) in [5, 5.41) is 0. The van der Waals surface area contributed by atoms with Gasteiger partial charge >= 0.3 is 0 Å². The molecule has 4 aromatic rings. The summed E-state index contributed by atoms with van der Waals surface area (Å²) >= 11 is 0. The van der Waals surface area contributed by atoms with Gasteiger partial charge in [0.25, 0.3) is 0 Å². The SMILES string of the molecule is C[C@@H]1[C@H](F)CN1C(c1ccccc1)c1cccc(-c2cccc(C(c3ccccc3)N3C[C@H](F)[C@@H]3C)c2)c1. The van der Waals surface area contributed by atoms with Crippen LogP contribution in [0.2, 0.25) is 0 Å². The van der Waals surface area contributed by atoms with E-state index in [0.717, 1.165) is 22.3 Å². The first-order valence-corrected chi connectivity index (χ1v) is 13.6. The maximum absolute atomic E-state index is 14.2. The predicted molar refractivity (Wildman–Crippen MR) is 151 cm³/mol. The number of rotatable bonds is 7. The van der Waals surface area contributed by atoms with Gasteiger partial charge in [-0.25, -0.2) is 8.78 Å². The molecule has 0 aromatic heterocycles. The second-order valence-corrected chi connectivity index (χ2v) is 10.8. The number of hydrogen-bond donors (Lipinski definition) is 0. The van der Waals surface area contributed by atoms with Crippen LogP contribution in [0.5, 0.6) is 0 Å². The summed E-state index contributed by atoms with van der Waals surface area (Å²) in [4.78, 5) is 4.50. The van der Waals surface area contributed by atoms with Crippen LogP contribution < -0.4 is 0 Å². The summed E-state index contributed by atoms with van der Waals surface area (Å²) in [6, 6.07) is 37.8. The Bertz CT molecular complexity index is 1270. The number of halogens is 2. The summed E-state index contributed by atoms with van der Waals surface area (Å²) < 4.78 is 28.5. The van der Waals surface area contributed by atoms with Crippen molar-refractivity contribution in [2.24, 2.45) is 0 Å². The number of benzene rings is 4. The summed E-state index contributed by atoms with van der Waals surface area (Å²) in [5.74, 6) is 0. The molecule has 194 valence electrons. The van der Waals surface area contributed by atoms with Gasteiger partial charge in [0.1, 0.15) is 12.3 Å². The van der Waals surface area contributed by atoms with E-state index in [1.165, 1.54) is 11.1 Å². The lowest BCUT2D eigenvalue weighted by atomic mass is 9.87. The topological polar surface area (TPSA) is 6.48 Å². The third-order valence-corrected chi connectivity index (χ3v) is 8.50. The van der Waals surface area contributed by atoms with E-state index in [0.29, 0.717) is 13.1 Å². The fourth-order valence-electron chi connectivity index (χ4n) is 6.06. The quantitative estimate of drug-likeness (QED) is 0.253. The zero-order valence-electron chi connectivity index (χ0n) is 21.9. The predicted octanol–water partition coefficient (Wildman–Crippen LogP) is 7.62. The molecule has 0 saturated carbocycles. The van der Waals surface area contributed by atoms with Gasteiger partial charge in [0, 0.05) is 25.2 Å². The number of hydrogen-bond acceptors (Lipinski definition) is 2. The first-order valence-electron chi connectivity index (χ1n) is 13.6. The molecule has 2 heterocycles. The zero-order valence-corrected chi connectivity index (χ0v) is 21.9. The average Bonchev–Trinajstić information content (AvgIpc) is 2.98. The van der Waals surface area contributed by atoms with Crippen LogP contribution in [0.4, 0.5) is 8.78 Å². The molecule has 2 fully saturated rings.